The van der Waals surface area contributed by atoms with Gasteiger partial charge in [0.2, 0.25) is 0 Å². The lowest BCUT2D eigenvalue weighted by Gasteiger charge is -2.05. The quantitative estimate of drug-likeness (QED) is 0.759. The number of aromatic nitrogens is 1. The Hall–Kier alpha value is -2.59. The van der Waals surface area contributed by atoms with Crippen molar-refractivity contribution < 1.29 is 4.74 Å². The Labute approximate surface area is 127 Å². The first-order valence-electron chi connectivity index (χ1n) is 6.52. The molecule has 0 aliphatic carbocycles. The number of nitrogen functional groups attached to an aromatic ring is 1. The monoisotopic (exact) mass is 294 g/mol. The maximum Gasteiger partial charge on any atom is 0.180 e. The van der Waals surface area contributed by atoms with Crippen LogP contribution in [0.5, 0.6) is 11.5 Å². The fourth-order valence-corrected chi connectivity index (χ4v) is 2.36. The molecular weight excluding hydrogens is 280 g/mol. The maximum absolute atomic E-state index is 5.75. The summed E-state index contributed by atoms with van der Waals surface area (Å²) >= 11 is 1.44. The number of anilines is 1. The Morgan fingerprint density at radius 2 is 1.62 bits per heavy atom. The van der Waals surface area contributed by atoms with E-state index in [2.05, 4.69) is 4.98 Å². The summed E-state index contributed by atoms with van der Waals surface area (Å²) in [5.41, 5.74) is 7.56. The van der Waals surface area contributed by atoms with Crippen molar-refractivity contribution in [1.82, 2.24) is 4.98 Å². The third-order valence-corrected chi connectivity index (χ3v) is 3.54. The molecule has 21 heavy (non-hydrogen) atoms. The third-order valence-electron chi connectivity index (χ3n) is 2.85. The first-order chi connectivity index (χ1) is 10.3. The lowest BCUT2D eigenvalue weighted by molar-refractivity contribution is 0.482. The third kappa shape index (κ3) is 3.70. The van der Waals surface area contributed by atoms with E-state index in [0.717, 1.165) is 22.8 Å². The Morgan fingerprint density at radius 3 is 2.29 bits per heavy atom. The molecule has 0 amide bonds. The second-order valence-electron chi connectivity index (χ2n) is 4.43. The fourth-order valence-electron chi connectivity index (χ4n) is 1.83. The molecule has 1 heterocycles. The summed E-state index contributed by atoms with van der Waals surface area (Å²) in [6, 6.07) is 17.6. The van der Waals surface area contributed by atoms with Gasteiger partial charge >= 0.3 is 0 Å². The van der Waals surface area contributed by atoms with E-state index in [1.807, 2.05) is 72.1 Å². The van der Waals surface area contributed by atoms with Crippen LogP contribution in [0, 0.1) is 0 Å². The minimum Gasteiger partial charge on any atom is -0.457 e. The van der Waals surface area contributed by atoms with E-state index in [9.17, 15) is 0 Å². The van der Waals surface area contributed by atoms with Crippen molar-refractivity contribution in [3.8, 4) is 11.5 Å². The molecule has 0 radical (unpaired) electrons. The zero-order valence-electron chi connectivity index (χ0n) is 11.3. The van der Waals surface area contributed by atoms with Gasteiger partial charge in [-0.2, -0.15) is 0 Å². The molecule has 4 heteroatoms. The van der Waals surface area contributed by atoms with Crippen LogP contribution in [0.2, 0.25) is 0 Å². The summed E-state index contributed by atoms with van der Waals surface area (Å²) < 4.78 is 5.75. The summed E-state index contributed by atoms with van der Waals surface area (Å²) in [5, 5.41) is 2.51. The maximum atomic E-state index is 5.75. The number of para-hydroxylation sites is 1. The van der Waals surface area contributed by atoms with E-state index in [1.165, 1.54) is 11.3 Å². The molecule has 1 aromatic heterocycles. The molecule has 3 rings (SSSR count). The zero-order valence-corrected chi connectivity index (χ0v) is 12.1. The smallest absolute Gasteiger partial charge is 0.180 e. The Kier molecular flexibility index (Phi) is 3.98. The van der Waals surface area contributed by atoms with Gasteiger partial charge in [-0.05, 0) is 35.9 Å². The molecular formula is C17H14N2OS. The van der Waals surface area contributed by atoms with Crippen molar-refractivity contribution in [2.75, 3.05) is 5.73 Å². The molecule has 104 valence electrons. The van der Waals surface area contributed by atoms with E-state index >= 15 is 0 Å². The molecule has 0 saturated heterocycles. The van der Waals surface area contributed by atoms with Gasteiger partial charge in [0.25, 0.3) is 0 Å². The molecule has 0 bridgehead atoms. The predicted molar refractivity (Wildman–Crippen MR) is 88.4 cm³/mol. The number of nitrogens with two attached hydrogens (primary N) is 1. The average Bonchev–Trinajstić information content (AvgIpc) is 2.93. The zero-order chi connectivity index (χ0) is 14.5. The van der Waals surface area contributed by atoms with Crippen molar-refractivity contribution >= 4 is 28.6 Å². The van der Waals surface area contributed by atoms with E-state index in [4.69, 9.17) is 10.5 Å². The van der Waals surface area contributed by atoms with Gasteiger partial charge in [-0.25, -0.2) is 4.98 Å². The van der Waals surface area contributed by atoms with Crippen molar-refractivity contribution in [1.29, 1.82) is 0 Å². The average molecular weight is 294 g/mol. The minimum atomic E-state index is 0.584. The summed E-state index contributed by atoms with van der Waals surface area (Å²) in [7, 11) is 0. The number of benzene rings is 2. The standard InChI is InChI=1S/C17H14N2OS/c18-17-19-14(12-21-17)9-6-13-7-10-16(11-8-13)20-15-4-2-1-3-5-15/h1-12H,(H2,18,19). The van der Waals surface area contributed by atoms with Crippen LogP contribution < -0.4 is 10.5 Å². The topological polar surface area (TPSA) is 48.1 Å². The molecule has 0 aliphatic heterocycles. The van der Waals surface area contributed by atoms with Gasteiger partial charge in [0.1, 0.15) is 11.5 Å². The second-order valence-corrected chi connectivity index (χ2v) is 5.32. The largest absolute Gasteiger partial charge is 0.457 e. The van der Waals surface area contributed by atoms with Crippen molar-refractivity contribution in [3.05, 3.63) is 71.2 Å². The van der Waals surface area contributed by atoms with Crippen LogP contribution in [0.3, 0.4) is 0 Å². The molecule has 2 aromatic carbocycles. The van der Waals surface area contributed by atoms with Crippen molar-refractivity contribution in [2.45, 2.75) is 0 Å². The number of nitrogens with zero attached hydrogens (tertiary/aromatic N) is 1. The molecule has 3 aromatic rings. The predicted octanol–water partition coefficient (Wildman–Crippen LogP) is 4.69. The molecule has 2 N–H and O–H groups in total. The Morgan fingerprint density at radius 1 is 0.905 bits per heavy atom. The second kappa shape index (κ2) is 6.24. The van der Waals surface area contributed by atoms with Crippen molar-refractivity contribution in [2.24, 2.45) is 0 Å². The minimum absolute atomic E-state index is 0.584. The number of thiazole rings is 1. The molecule has 0 atom stereocenters. The highest BCUT2D eigenvalue weighted by Gasteiger charge is 1.97. The van der Waals surface area contributed by atoms with Crippen LogP contribution in [0.15, 0.2) is 60.0 Å². The summed E-state index contributed by atoms with van der Waals surface area (Å²) in [6.07, 6.45) is 3.95. The van der Waals surface area contributed by atoms with Gasteiger partial charge in [0.15, 0.2) is 5.13 Å². The fraction of sp³-hybridized carbons (Fsp3) is 0. The summed E-state index contributed by atoms with van der Waals surface area (Å²) in [6.45, 7) is 0. The molecule has 0 spiro atoms. The van der Waals surface area contributed by atoms with Crippen LogP contribution in [0.1, 0.15) is 11.3 Å². The van der Waals surface area contributed by atoms with E-state index < -0.39 is 0 Å². The first kappa shape index (κ1) is 13.4. The Balaban J connectivity index is 1.68. The molecule has 0 saturated carbocycles. The van der Waals surface area contributed by atoms with E-state index in [1.54, 1.807) is 0 Å². The first-order valence-corrected chi connectivity index (χ1v) is 7.40. The van der Waals surface area contributed by atoms with Crippen LogP contribution >= 0.6 is 11.3 Å². The van der Waals surface area contributed by atoms with Gasteiger partial charge in [-0.15, -0.1) is 11.3 Å². The molecule has 0 fully saturated rings. The summed E-state index contributed by atoms with van der Waals surface area (Å²) in [4.78, 5) is 4.18. The van der Waals surface area contributed by atoms with E-state index in [-0.39, 0.29) is 0 Å². The normalized spacial score (nSPS) is 10.9. The highest BCUT2D eigenvalue weighted by Crippen LogP contribution is 2.22. The number of hydrogen-bond acceptors (Lipinski definition) is 4. The van der Waals surface area contributed by atoms with Crippen molar-refractivity contribution in [3.63, 3.8) is 0 Å². The van der Waals surface area contributed by atoms with Crippen LogP contribution in [-0.2, 0) is 0 Å². The van der Waals surface area contributed by atoms with E-state index in [0.29, 0.717) is 5.13 Å². The van der Waals surface area contributed by atoms with Gasteiger partial charge in [-0.3, -0.25) is 0 Å². The number of hydrogen-bond donors (Lipinski definition) is 1. The van der Waals surface area contributed by atoms with Gasteiger partial charge in [-0.1, -0.05) is 36.4 Å². The lowest BCUT2D eigenvalue weighted by Crippen LogP contribution is -1.83. The number of ether oxygens (including phenoxy) is 1. The molecule has 0 aliphatic rings. The van der Waals surface area contributed by atoms with Crippen LogP contribution in [-0.4, -0.2) is 4.98 Å². The van der Waals surface area contributed by atoms with Crippen LogP contribution in [0.25, 0.3) is 12.2 Å². The van der Waals surface area contributed by atoms with Gasteiger partial charge in [0, 0.05) is 5.38 Å². The Bertz CT molecular complexity index is 733. The highest BCUT2D eigenvalue weighted by atomic mass is 32.1. The number of rotatable bonds is 4. The highest BCUT2D eigenvalue weighted by molar-refractivity contribution is 7.13. The SMILES string of the molecule is Nc1nc(C=Cc2ccc(Oc3ccccc3)cc2)cs1. The lowest BCUT2D eigenvalue weighted by atomic mass is 10.2. The van der Waals surface area contributed by atoms with Gasteiger partial charge < -0.3 is 10.5 Å². The van der Waals surface area contributed by atoms with Crippen LogP contribution in [0.4, 0.5) is 5.13 Å². The molecule has 3 nitrogen and oxygen atoms in total. The van der Waals surface area contributed by atoms with Gasteiger partial charge in [0.05, 0.1) is 5.69 Å². The summed E-state index contributed by atoms with van der Waals surface area (Å²) in [5.74, 6) is 1.65. The molecule has 0 unspecified atom stereocenters.